The molecule has 1 fully saturated rings. The van der Waals surface area contributed by atoms with E-state index in [1.165, 1.54) is 7.11 Å². The van der Waals surface area contributed by atoms with Crippen LogP contribution in [-0.2, 0) is 4.79 Å². The fourth-order valence-corrected chi connectivity index (χ4v) is 3.06. The van der Waals surface area contributed by atoms with Crippen molar-refractivity contribution in [1.82, 2.24) is 14.9 Å². The Bertz CT molecular complexity index is 716. The summed E-state index contributed by atoms with van der Waals surface area (Å²) >= 11 is 5.87. The third-order valence-electron chi connectivity index (χ3n) is 4.23. The van der Waals surface area contributed by atoms with Crippen molar-refractivity contribution in [2.75, 3.05) is 38.2 Å². The Morgan fingerprint density at radius 1 is 1.16 bits per heavy atom. The summed E-state index contributed by atoms with van der Waals surface area (Å²) in [5.41, 5.74) is 0.645. The van der Waals surface area contributed by atoms with Crippen LogP contribution >= 0.6 is 11.6 Å². The SMILES string of the molecule is COc1ccc([C@@H](C(=O)O)N2CCN(c3ccc(Cl)cn3)CC2)cn1. The van der Waals surface area contributed by atoms with Crippen LogP contribution in [-0.4, -0.2) is 59.2 Å². The summed E-state index contributed by atoms with van der Waals surface area (Å²) in [6.45, 7) is 2.63. The van der Waals surface area contributed by atoms with Crippen molar-refractivity contribution in [3.63, 3.8) is 0 Å². The largest absolute Gasteiger partial charge is 0.481 e. The molecular formula is C17H19ClN4O3. The molecule has 0 aliphatic carbocycles. The van der Waals surface area contributed by atoms with Crippen LogP contribution in [0.3, 0.4) is 0 Å². The highest BCUT2D eigenvalue weighted by molar-refractivity contribution is 6.30. The second-order valence-electron chi connectivity index (χ2n) is 5.73. The molecule has 3 heterocycles. The van der Waals surface area contributed by atoms with E-state index < -0.39 is 12.0 Å². The molecule has 2 aromatic heterocycles. The van der Waals surface area contributed by atoms with E-state index in [4.69, 9.17) is 16.3 Å². The average molecular weight is 363 g/mol. The van der Waals surface area contributed by atoms with Gasteiger partial charge in [-0.05, 0) is 23.8 Å². The van der Waals surface area contributed by atoms with Crippen LogP contribution in [0.25, 0.3) is 0 Å². The second kappa shape index (κ2) is 7.67. The Kier molecular flexibility index (Phi) is 5.35. The van der Waals surface area contributed by atoms with Gasteiger partial charge in [0.15, 0.2) is 0 Å². The van der Waals surface area contributed by atoms with Gasteiger partial charge in [-0.2, -0.15) is 0 Å². The third kappa shape index (κ3) is 4.00. The molecule has 7 nitrogen and oxygen atoms in total. The van der Waals surface area contributed by atoms with E-state index in [1.54, 1.807) is 30.6 Å². The van der Waals surface area contributed by atoms with Crippen molar-refractivity contribution in [3.05, 3.63) is 47.2 Å². The molecule has 25 heavy (non-hydrogen) atoms. The van der Waals surface area contributed by atoms with Gasteiger partial charge in [-0.25, -0.2) is 9.97 Å². The Hall–Kier alpha value is -2.38. The number of anilines is 1. The smallest absolute Gasteiger partial charge is 0.325 e. The number of aromatic nitrogens is 2. The van der Waals surface area contributed by atoms with Crippen LogP contribution in [0.1, 0.15) is 11.6 Å². The first kappa shape index (κ1) is 17.4. The number of carboxylic acids is 1. The summed E-state index contributed by atoms with van der Waals surface area (Å²) < 4.78 is 5.03. The van der Waals surface area contributed by atoms with Gasteiger partial charge in [0, 0.05) is 44.6 Å². The summed E-state index contributed by atoms with van der Waals surface area (Å²) in [4.78, 5) is 24.3. The number of pyridine rings is 2. The van der Waals surface area contributed by atoms with Gasteiger partial charge < -0.3 is 14.7 Å². The summed E-state index contributed by atoms with van der Waals surface area (Å²) in [7, 11) is 1.53. The Labute approximate surface area is 150 Å². The Balaban J connectivity index is 1.70. The highest BCUT2D eigenvalue weighted by atomic mass is 35.5. The van der Waals surface area contributed by atoms with E-state index in [0.717, 1.165) is 5.82 Å². The normalized spacial score (nSPS) is 16.5. The van der Waals surface area contributed by atoms with Gasteiger partial charge >= 0.3 is 5.97 Å². The van der Waals surface area contributed by atoms with Crippen LogP contribution < -0.4 is 9.64 Å². The number of halogens is 1. The number of aliphatic carboxylic acids is 1. The molecule has 2 aromatic rings. The second-order valence-corrected chi connectivity index (χ2v) is 6.17. The van der Waals surface area contributed by atoms with E-state index in [-0.39, 0.29) is 0 Å². The molecule has 3 rings (SSSR count). The van der Waals surface area contributed by atoms with Crippen molar-refractivity contribution in [2.24, 2.45) is 0 Å². The van der Waals surface area contributed by atoms with E-state index >= 15 is 0 Å². The van der Waals surface area contributed by atoms with Gasteiger partial charge in [0.1, 0.15) is 11.9 Å². The van der Waals surface area contributed by atoms with Crippen molar-refractivity contribution in [2.45, 2.75) is 6.04 Å². The van der Waals surface area contributed by atoms with Crippen LogP contribution in [0.5, 0.6) is 5.88 Å². The first-order valence-electron chi connectivity index (χ1n) is 7.92. The molecular weight excluding hydrogens is 344 g/mol. The number of methoxy groups -OCH3 is 1. The molecule has 0 spiro atoms. The molecule has 0 saturated carbocycles. The molecule has 1 aliphatic rings. The van der Waals surface area contributed by atoms with Crippen LogP contribution in [0.2, 0.25) is 5.02 Å². The maximum atomic E-state index is 11.8. The molecule has 0 amide bonds. The third-order valence-corrected chi connectivity index (χ3v) is 4.46. The zero-order chi connectivity index (χ0) is 17.8. The zero-order valence-corrected chi connectivity index (χ0v) is 14.6. The molecule has 0 radical (unpaired) electrons. The first-order chi connectivity index (χ1) is 12.1. The highest BCUT2D eigenvalue weighted by Crippen LogP contribution is 2.25. The maximum absolute atomic E-state index is 11.8. The number of piperazine rings is 1. The number of hydrogen-bond acceptors (Lipinski definition) is 6. The van der Waals surface area contributed by atoms with Crippen LogP contribution in [0.15, 0.2) is 36.7 Å². The molecule has 0 aromatic carbocycles. The number of carboxylic acid groups (broad SMARTS) is 1. The molecule has 1 saturated heterocycles. The lowest BCUT2D eigenvalue weighted by Gasteiger charge is -2.38. The van der Waals surface area contributed by atoms with Crippen molar-refractivity contribution in [3.8, 4) is 5.88 Å². The number of carbonyl (C=O) groups is 1. The van der Waals surface area contributed by atoms with E-state index in [0.29, 0.717) is 42.6 Å². The summed E-state index contributed by atoms with van der Waals surface area (Å²) in [6, 6.07) is 6.38. The lowest BCUT2D eigenvalue weighted by Crippen LogP contribution is -2.49. The van der Waals surface area contributed by atoms with Gasteiger partial charge in [-0.15, -0.1) is 0 Å². The van der Waals surface area contributed by atoms with Crippen LogP contribution in [0, 0.1) is 0 Å². The quantitative estimate of drug-likeness (QED) is 0.872. The average Bonchev–Trinajstić information content (AvgIpc) is 2.63. The molecule has 1 N–H and O–H groups in total. The Morgan fingerprint density at radius 3 is 2.44 bits per heavy atom. The maximum Gasteiger partial charge on any atom is 0.325 e. The minimum Gasteiger partial charge on any atom is -0.481 e. The summed E-state index contributed by atoms with van der Waals surface area (Å²) in [5.74, 6) is 0.429. The monoisotopic (exact) mass is 362 g/mol. The van der Waals surface area contributed by atoms with Crippen LogP contribution in [0.4, 0.5) is 5.82 Å². The molecule has 0 bridgehead atoms. The number of nitrogens with zero attached hydrogens (tertiary/aromatic N) is 4. The van der Waals surface area contributed by atoms with E-state index in [9.17, 15) is 9.90 Å². The zero-order valence-electron chi connectivity index (χ0n) is 13.8. The lowest BCUT2D eigenvalue weighted by molar-refractivity contribution is -0.143. The van der Waals surface area contributed by atoms with E-state index in [1.807, 2.05) is 11.0 Å². The van der Waals surface area contributed by atoms with Crippen molar-refractivity contribution < 1.29 is 14.6 Å². The molecule has 8 heteroatoms. The molecule has 1 atom stereocenters. The minimum atomic E-state index is -0.884. The standard InChI is InChI=1S/C17H19ClN4O3/c1-25-15-5-2-12(10-20-15)16(17(23)24)22-8-6-21(7-9-22)14-4-3-13(18)11-19-14/h2-5,10-11,16H,6-9H2,1H3,(H,23,24)/t16-/m0/s1. The predicted molar refractivity (Wildman–Crippen MR) is 94.2 cm³/mol. The van der Waals surface area contributed by atoms with Crippen molar-refractivity contribution in [1.29, 1.82) is 0 Å². The highest BCUT2D eigenvalue weighted by Gasteiger charge is 2.30. The molecule has 1 aliphatic heterocycles. The summed E-state index contributed by atoms with van der Waals surface area (Å²) in [5, 5.41) is 10.3. The fraction of sp³-hybridized carbons (Fsp3) is 0.353. The van der Waals surface area contributed by atoms with Gasteiger partial charge in [0.05, 0.1) is 12.1 Å². The number of ether oxygens (including phenoxy) is 1. The molecule has 0 unspecified atom stereocenters. The fourth-order valence-electron chi connectivity index (χ4n) is 2.95. The van der Waals surface area contributed by atoms with Gasteiger partial charge in [0.25, 0.3) is 0 Å². The predicted octanol–water partition coefficient (Wildman–Crippen LogP) is 2.09. The first-order valence-corrected chi connectivity index (χ1v) is 8.29. The van der Waals surface area contributed by atoms with Gasteiger partial charge in [0.2, 0.25) is 5.88 Å². The Morgan fingerprint density at radius 2 is 1.92 bits per heavy atom. The lowest BCUT2D eigenvalue weighted by atomic mass is 10.1. The number of rotatable bonds is 5. The van der Waals surface area contributed by atoms with Crippen molar-refractivity contribution >= 4 is 23.4 Å². The van der Waals surface area contributed by atoms with E-state index in [2.05, 4.69) is 14.9 Å². The topological polar surface area (TPSA) is 78.8 Å². The van der Waals surface area contributed by atoms with Gasteiger partial charge in [-0.1, -0.05) is 11.6 Å². The minimum absolute atomic E-state index is 0.464. The summed E-state index contributed by atoms with van der Waals surface area (Å²) in [6.07, 6.45) is 3.18. The number of hydrogen-bond donors (Lipinski definition) is 1. The molecule has 132 valence electrons. The van der Waals surface area contributed by atoms with Gasteiger partial charge in [-0.3, -0.25) is 9.69 Å².